The highest BCUT2D eigenvalue weighted by molar-refractivity contribution is 7.75. The summed E-state index contributed by atoms with van der Waals surface area (Å²) < 4.78 is 27.7. The van der Waals surface area contributed by atoms with Crippen molar-refractivity contribution in [3.8, 4) is 16.6 Å². The van der Waals surface area contributed by atoms with E-state index in [0.29, 0.717) is 28.3 Å². The van der Waals surface area contributed by atoms with Crippen molar-refractivity contribution in [1.82, 2.24) is 20.2 Å². The van der Waals surface area contributed by atoms with Crippen LogP contribution in [-0.4, -0.2) is 35.7 Å². The number of methoxy groups -OCH3 is 1. The van der Waals surface area contributed by atoms with Gasteiger partial charge in [-0.25, -0.2) is 13.4 Å². The summed E-state index contributed by atoms with van der Waals surface area (Å²) in [6.45, 7) is 0. The van der Waals surface area contributed by atoms with Gasteiger partial charge in [-0.05, 0) is 25.0 Å². The number of thiophene rings is 1. The molecule has 8 nitrogen and oxygen atoms in total. The minimum absolute atomic E-state index is 0.272. The Morgan fingerprint density at radius 2 is 2.12 bits per heavy atom. The molecule has 0 aromatic carbocycles. The highest BCUT2D eigenvalue weighted by Gasteiger charge is 2.26. The molecule has 25 heavy (non-hydrogen) atoms. The monoisotopic (exact) mass is 377 g/mol. The molecule has 1 saturated carbocycles. The Morgan fingerprint density at radius 1 is 1.28 bits per heavy atom. The number of rotatable bonds is 6. The molecule has 1 fully saturated rings. The Morgan fingerprint density at radius 3 is 2.80 bits per heavy atom. The second-order valence-corrected chi connectivity index (χ2v) is 8.00. The number of aromatic nitrogens is 4. The molecule has 1 aliphatic carbocycles. The van der Waals surface area contributed by atoms with Crippen LogP contribution in [0.15, 0.2) is 28.5 Å². The minimum Gasteiger partial charge on any atom is -0.481 e. The Bertz CT molecular complexity index is 983. The first-order valence-corrected chi connectivity index (χ1v) is 9.62. The van der Waals surface area contributed by atoms with Crippen LogP contribution in [0.2, 0.25) is 0 Å². The quantitative estimate of drug-likeness (QED) is 0.566. The first-order valence-electron chi connectivity index (χ1n) is 7.62. The second-order valence-electron chi connectivity index (χ2n) is 5.62. The highest BCUT2D eigenvalue weighted by atomic mass is 32.2. The van der Waals surface area contributed by atoms with Crippen LogP contribution < -0.4 is 10.1 Å². The van der Waals surface area contributed by atoms with Crippen molar-refractivity contribution in [2.24, 2.45) is 0 Å². The zero-order chi connectivity index (χ0) is 17.4. The molecule has 0 atom stereocenters. The summed E-state index contributed by atoms with van der Waals surface area (Å²) in [6.07, 6.45) is 2.36. The fraction of sp³-hybridized carbons (Fsp3) is 0.267. The molecule has 3 aromatic rings. The largest absolute Gasteiger partial charge is 0.481 e. The van der Waals surface area contributed by atoms with Gasteiger partial charge in [-0.1, -0.05) is 0 Å². The summed E-state index contributed by atoms with van der Waals surface area (Å²) in [4.78, 5) is 9.40. The van der Waals surface area contributed by atoms with Gasteiger partial charge in [0.1, 0.15) is 15.8 Å². The number of nitrogens with zero attached hydrogens (tertiary/aromatic N) is 3. The van der Waals surface area contributed by atoms with Gasteiger partial charge in [0, 0.05) is 18.1 Å². The van der Waals surface area contributed by atoms with Gasteiger partial charge in [-0.15, -0.1) is 11.3 Å². The number of aromatic amines is 1. The normalized spacial score (nSPS) is 14.0. The van der Waals surface area contributed by atoms with Crippen LogP contribution in [0, 0.1) is 0 Å². The van der Waals surface area contributed by atoms with Crippen LogP contribution in [0.3, 0.4) is 0 Å². The van der Waals surface area contributed by atoms with E-state index in [0.717, 1.165) is 22.8 Å². The molecular weight excluding hydrogens is 362 g/mol. The highest BCUT2D eigenvalue weighted by Crippen LogP contribution is 2.39. The van der Waals surface area contributed by atoms with Gasteiger partial charge in [0.25, 0.3) is 0 Å². The number of hydrogen-bond donors (Lipinski definition) is 3. The topological polar surface area (TPSA) is 110 Å². The summed E-state index contributed by atoms with van der Waals surface area (Å²) in [5, 5.41) is 10.4. The van der Waals surface area contributed by atoms with E-state index in [-0.39, 0.29) is 4.21 Å². The first kappa shape index (κ1) is 16.0. The van der Waals surface area contributed by atoms with E-state index in [9.17, 15) is 8.42 Å². The van der Waals surface area contributed by atoms with E-state index >= 15 is 0 Å². The number of hydrogen-bond acceptors (Lipinski definition) is 8. The summed E-state index contributed by atoms with van der Waals surface area (Å²) in [5.41, 5.74) is 1.05. The molecule has 2 N–H and O–H groups in total. The summed E-state index contributed by atoms with van der Waals surface area (Å²) >= 11 is 1.12. The Hall–Kier alpha value is -2.46. The van der Waals surface area contributed by atoms with Crippen molar-refractivity contribution in [3.05, 3.63) is 30.0 Å². The maximum Gasteiger partial charge on any atom is 0.218 e. The van der Waals surface area contributed by atoms with Crippen LogP contribution in [0.5, 0.6) is 5.88 Å². The molecule has 0 amide bonds. The predicted molar refractivity (Wildman–Crippen MR) is 94.3 cm³/mol. The van der Waals surface area contributed by atoms with E-state index in [1.54, 1.807) is 18.2 Å². The van der Waals surface area contributed by atoms with Crippen molar-refractivity contribution >= 4 is 33.7 Å². The zero-order valence-electron chi connectivity index (χ0n) is 13.2. The molecule has 0 aliphatic heterocycles. The van der Waals surface area contributed by atoms with Crippen LogP contribution in [0.4, 0.5) is 11.6 Å². The molecule has 0 bridgehead atoms. The molecule has 1 aliphatic rings. The SMILES string of the molecule is COc1cc(Nc2cc(C3CC3)n[nH]2)nc(-c2ccc([SH](=O)=O)s2)n1. The standard InChI is InChI=1S/C15H15N5O3S2/c1-23-13-7-11(16-12-6-9(19-20-12)8-2-3-8)17-15(18-13)10-4-5-14(24-10)25(21)22/h4-8,25H,2-3H2,1H3,(H2,16,17,18,19,20). The van der Waals surface area contributed by atoms with Gasteiger partial charge in [0.2, 0.25) is 5.88 Å². The fourth-order valence-electron chi connectivity index (χ4n) is 2.38. The average molecular weight is 377 g/mol. The average Bonchev–Trinajstić information content (AvgIpc) is 3.15. The summed E-state index contributed by atoms with van der Waals surface area (Å²) in [6, 6.07) is 6.87. The number of nitrogens with one attached hydrogen (secondary N) is 2. The number of ether oxygens (including phenoxy) is 1. The van der Waals surface area contributed by atoms with Gasteiger partial charge < -0.3 is 10.1 Å². The van der Waals surface area contributed by atoms with E-state index in [4.69, 9.17) is 4.74 Å². The summed E-state index contributed by atoms with van der Waals surface area (Å²) in [5.74, 6) is 2.62. The lowest BCUT2D eigenvalue weighted by Crippen LogP contribution is -1.99. The Kier molecular flexibility index (Phi) is 4.14. The maximum absolute atomic E-state index is 11.1. The molecule has 4 rings (SSSR count). The molecule has 3 heterocycles. The molecule has 10 heteroatoms. The van der Waals surface area contributed by atoms with Crippen LogP contribution >= 0.6 is 11.3 Å². The lowest BCUT2D eigenvalue weighted by molar-refractivity contribution is 0.398. The molecule has 0 spiro atoms. The first-order chi connectivity index (χ1) is 12.1. The maximum atomic E-state index is 11.1. The van der Waals surface area contributed by atoms with Crippen molar-refractivity contribution in [3.63, 3.8) is 0 Å². The second kappa shape index (κ2) is 6.45. The molecule has 0 radical (unpaired) electrons. The Labute approximate surface area is 149 Å². The van der Waals surface area contributed by atoms with E-state index in [1.807, 2.05) is 6.07 Å². The number of anilines is 2. The van der Waals surface area contributed by atoms with Gasteiger partial charge in [-0.3, -0.25) is 5.10 Å². The van der Waals surface area contributed by atoms with Crippen molar-refractivity contribution in [2.45, 2.75) is 23.0 Å². The van der Waals surface area contributed by atoms with E-state index < -0.39 is 10.7 Å². The third kappa shape index (κ3) is 3.49. The van der Waals surface area contributed by atoms with Gasteiger partial charge in [0.05, 0.1) is 17.7 Å². The van der Waals surface area contributed by atoms with Crippen molar-refractivity contribution < 1.29 is 13.2 Å². The third-order valence-corrected chi connectivity index (χ3v) is 5.87. The van der Waals surface area contributed by atoms with Crippen LogP contribution in [0.1, 0.15) is 24.5 Å². The molecule has 0 unspecified atom stereocenters. The van der Waals surface area contributed by atoms with Crippen molar-refractivity contribution in [2.75, 3.05) is 12.4 Å². The molecular formula is C15H15N5O3S2. The zero-order valence-corrected chi connectivity index (χ0v) is 14.9. The van der Waals surface area contributed by atoms with Crippen LogP contribution in [0.25, 0.3) is 10.7 Å². The van der Waals surface area contributed by atoms with Gasteiger partial charge >= 0.3 is 0 Å². The fourth-order valence-corrected chi connectivity index (χ4v) is 3.85. The number of H-pyrrole nitrogens is 1. The lowest BCUT2D eigenvalue weighted by Gasteiger charge is -2.07. The summed E-state index contributed by atoms with van der Waals surface area (Å²) in [7, 11) is -1.10. The lowest BCUT2D eigenvalue weighted by atomic mass is 10.3. The van der Waals surface area contributed by atoms with Gasteiger partial charge in [-0.2, -0.15) is 10.1 Å². The minimum atomic E-state index is -2.62. The third-order valence-electron chi connectivity index (χ3n) is 3.76. The molecule has 0 saturated heterocycles. The molecule has 3 aromatic heterocycles. The van der Waals surface area contributed by atoms with E-state index in [2.05, 4.69) is 25.5 Å². The molecule has 130 valence electrons. The van der Waals surface area contributed by atoms with E-state index in [1.165, 1.54) is 20.0 Å². The Balaban J connectivity index is 1.64. The van der Waals surface area contributed by atoms with Gasteiger partial charge in [0.15, 0.2) is 16.5 Å². The van der Waals surface area contributed by atoms with Crippen molar-refractivity contribution in [1.29, 1.82) is 0 Å². The number of thiol groups is 1. The smallest absolute Gasteiger partial charge is 0.218 e. The predicted octanol–water partition coefficient (Wildman–Crippen LogP) is 2.53. The van der Waals surface area contributed by atoms with Crippen LogP contribution in [-0.2, 0) is 10.7 Å².